The Hall–Kier alpha value is -4.08. The molecule has 0 bridgehead atoms. The van der Waals surface area contributed by atoms with Crippen LogP contribution >= 0.6 is 0 Å². The highest BCUT2D eigenvalue weighted by Crippen LogP contribution is 2.51. The molecule has 43 heavy (non-hydrogen) atoms. The van der Waals surface area contributed by atoms with Gasteiger partial charge in [0.05, 0.1) is 36.0 Å². The minimum absolute atomic E-state index is 0.0473. The normalized spacial score (nSPS) is 13.7. The standard InChI is InChI=1S/C34H35FN2O5S/c1-21-27(24-15-11-8-12-16-24)28(32(42-34(3,4)5)33(38)41-20-23-13-9-7-10-14-23)22(2)31-29(21)30-25(17-26(35)18-36-30)19-37(31)43(6,39)40/h7-18,32H,19-20H2,1-6H3/t32-/m0/s1. The molecule has 0 radical (unpaired) electrons. The number of pyridine rings is 1. The number of fused-ring (bicyclic) bond motifs is 3. The first-order valence-corrected chi connectivity index (χ1v) is 15.8. The van der Waals surface area contributed by atoms with Crippen molar-refractivity contribution >= 4 is 21.7 Å². The molecule has 1 atom stereocenters. The molecule has 9 heteroatoms. The van der Waals surface area contributed by atoms with Gasteiger partial charge in [0.2, 0.25) is 10.0 Å². The molecule has 0 fully saturated rings. The van der Waals surface area contributed by atoms with Crippen molar-refractivity contribution < 1.29 is 27.1 Å². The third kappa shape index (κ3) is 6.19. The van der Waals surface area contributed by atoms with E-state index in [4.69, 9.17) is 9.47 Å². The third-order valence-corrected chi connectivity index (χ3v) is 8.50. The van der Waals surface area contributed by atoms with Gasteiger partial charge in [0.1, 0.15) is 12.4 Å². The van der Waals surface area contributed by atoms with E-state index in [1.165, 1.54) is 10.4 Å². The molecule has 1 aromatic heterocycles. The average molecular weight is 603 g/mol. The summed E-state index contributed by atoms with van der Waals surface area (Å²) in [5.41, 5.74) is 5.22. The fourth-order valence-electron chi connectivity index (χ4n) is 5.64. The number of carbonyl (C=O) groups is 1. The molecule has 4 aromatic rings. The predicted molar refractivity (Wildman–Crippen MR) is 165 cm³/mol. The highest BCUT2D eigenvalue weighted by molar-refractivity contribution is 7.92. The second-order valence-corrected chi connectivity index (χ2v) is 13.7. The van der Waals surface area contributed by atoms with Crippen molar-refractivity contribution in [2.24, 2.45) is 0 Å². The first-order chi connectivity index (χ1) is 20.3. The lowest BCUT2D eigenvalue weighted by Crippen LogP contribution is -2.35. The van der Waals surface area contributed by atoms with Crippen molar-refractivity contribution in [3.63, 3.8) is 0 Å². The maximum Gasteiger partial charge on any atom is 0.340 e. The molecule has 0 spiro atoms. The molecule has 0 saturated heterocycles. The van der Waals surface area contributed by atoms with Crippen molar-refractivity contribution in [3.8, 4) is 22.4 Å². The number of benzene rings is 3. The van der Waals surface area contributed by atoms with Crippen molar-refractivity contribution in [2.45, 2.75) is 59.5 Å². The molecule has 2 heterocycles. The molecular formula is C34H35FN2O5S. The Balaban J connectivity index is 1.82. The summed E-state index contributed by atoms with van der Waals surface area (Å²) >= 11 is 0. The van der Waals surface area contributed by atoms with E-state index >= 15 is 0 Å². The largest absolute Gasteiger partial charge is 0.459 e. The van der Waals surface area contributed by atoms with Gasteiger partial charge < -0.3 is 9.47 Å². The van der Waals surface area contributed by atoms with Crippen LogP contribution in [-0.2, 0) is 37.4 Å². The van der Waals surface area contributed by atoms with Gasteiger partial charge in [-0.25, -0.2) is 17.6 Å². The lowest BCUT2D eigenvalue weighted by molar-refractivity contribution is -0.168. The molecular weight excluding hydrogens is 567 g/mol. The minimum Gasteiger partial charge on any atom is -0.459 e. The summed E-state index contributed by atoms with van der Waals surface area (Å²) in [6.07, 6.45) is 1.06. The number of anilines is 1. The second-order valence-electron chi connectivity index (χ2n) is 11.8. The molecule has 0 N–H and O–H groups in total. The van der Waals surface area contributed by atoms with Gasteiger partial charge in [-0.1, -0.05) is 60.7 Å². The lowest BCUT2D eigenvalue weighted by Gasteiger charge is -2.37. The number of hydrogen-bond acceptors (Lipinski definition) is 6. The van der Waals surface area contributed by atoms with Crippen LogP contribution in [0.25, 0.3) is 22.4 Å². The summed E-state index contributed by atoms with van der Waals surface area (Å²) < 4.78 is 54.4. The molecule has 224 valence electrons. The quantitative estimate of drug-likeness (QED) is 0.211. The average Bonchev–Trinajstić information content (AvgIpc) is 2.95. The van der Waals surface area contributed by atoms with Gasteiger partial charge in [-0.3, -0.25) is 9.29 Å². The number of carbonyl (C=O) groups excluding carboxylic acids is 1. The summed E-state index contributed by atoms with van der Waals surface area (Å²) in [6.45, 7) is 9.16. The molecule has 3 aromatic carbocycles. The van der Waals surface area contributed by atoms with Gasteiger partial charge in [0, 0.05) is 16.7 Å². The van der Waals surface area contributed by atoms with E-state index in [-0.39, 0.29) is 13.2 Å². The van der Waals surface area contributed by atoms with Crippen molar-refractivity contribution in [1.29, 1.82) is 0 Å². The maximum absolute atomic E-state index is 14.3. The second kappa shape index (κ2) is 11.5. The van der Waals surface area contributed by atoms with Crippen molar-refractivity contribution in [2.75, 3.05) is 10.6 Å². The summed E-state index contributed by atoms with van der Waals surface area (Å²) in [4.78, 5) is 18.4. The van der Waals surface area contributed by atoms with Crippen LogP contribution < -0.4 is 4.31 Å². The van der Waals surface area contributed by atoms with Gasteiger partial charge in [0.25, 0.3) is 0 Å². The number of hydrogen-bond donors (Lipinski definition) is 0. The van der Waals surface area contributed by atoms with E-state index in [1.807, 2.05) is 88.4 Å². The number of rotatable bonds is 7. The highest BCUT2D eigenvalue weighted by atomic mass is 32.2. The number of ether oxygens (including phenoxy) is 2. The Labute approximate surface area is 252 Å². The fraction of sp³-hybridized carbons (Fsp3) is 0.294. The van der Waals surface area contributed by atoms with Crippen LogP contribution in [0.1, 0.15) is 54.7 Å². The lowest BCUT2D eigenvalue weighted by atomic mass is 9.81. The number of esters is 1. The number of sulfonamides is 1. The minimum atomic E-state index is -3.83. The Morgan fingerprint density at radius 1 is 1.00 bits per heavy atom. The van der Waals surface area contributed by atoms with Gasteiger partial charge in [-0.2, -0.15) is 0 Å². The molecule has 1 aliphatic rings. The molecule has 0 aliphatic carbocycles. The van der Waals surface area contributed by atoms with E-state index in [0.29, 0.717) is 44.8 Å². The van der Waals surface area contributed by atoms with Crippen LogP contribution in [0.2, 0.25) is 0 Å². The van der Waals surface area contributed by atoms with E-state index < -0.39 is 33.5 Å². The van der Waals surface area contributed by atoms with E-state index in [1.54, 1.807) is 6.92 Å². The van der Waals surface area contributed by atoms with E-state index in [2.05, 4.69) is 4.98 Å². The number of nitrogens with zero attached hydrogens (tertiary/aromatic N) is 2. The predicted octanol–water partition coefficient (Wildman–Crippen LogP) is 7.05. The van der Waals surface area contributed by atoms with Crippen LogP contribution in [0.3, 0.4) is 0 Å². The topological polar surface area (TPSA) is 85.8 Å². The SMILES string of the molecule is Cc1c(-c2ccccc2)c([C@H](OC(C)(C)C)C(=O)OCc2ccccc2)c(C)c2c1-c1ncc(F)cc1CN2S(C)(=O)=O. The fourth-order valence-corrected chi connectivity index (χ4v) is 6.57. The number of halogens is 1. The van der Waals surface area contributed by atoms with Crippen molar-refractivity contribution in [3.05, 3.63) is 107 Å². The number of aromatic nitrogens is 1. The van der Waals surface area contributed by atoms with E-state index in [9.17, 15) is 17.6 Å². The molecule has 7 nitrogen and oxygen atoms in total. The Morgan fingerprint density at radius 3 is 2.23 bits per heavy atom. The van der Waals surface area contributed by atoms with Crippen LogP contribution in [0.5, 0.6) is 0 Å². The molecule has 0 unspecified atom stereocenters. The zero-order valence-corrected chi connectivity index (χ0v) is 26.0. The third-order valence-electron chi connectivity index (χ3n) is 7.38. The van der Waals surface area contributed by atoms with Gasteiger partial charge in [-0.05, 0) is 68.5 Å². The van der Waals surface area contributed by atoms with Crippen molar-refractivity contribution in [1.82, 2.24) is 4.98 Å². The molecule has 1 aliphatic heterocycles. The summed E-state index contributed by atoms with van der Waals surface area (Å²) in [5.74, 6) is -1.15. The van der Waals surface area contributed by atoms with Crippen LogP contribution in [0.15, 0.2) is 72.9 Å². The first kappa shape index (κ1) is 30.4. The summed E-state index contributed by atoms with van der Waals surface area (Å²) in [6, 6.07) is 20.2. The van der Waals surface area contributed by atoms with Crippen LogP contribution in [0.4, 0.5) is 10.1 Å². The van der Waals surface area contributed by atoms with Crippen LogP contribution in [-0.4, -0.2) is 31.2 Å². The van der Waals surface area contributed by atoms with Gasteiger partial charge in [-0.15, -0.1) is 0 Å². The Bertz CT molecular complexity index is 1790. The van der Waals surface area contributed by atoms with Crippen LogP contribution in [0, 0.1) is 19.7 Å². The summed E-state index contributed by atoms with van der Waals surface area (Å²) in [7, 11) is -3.83. The first-order valence-electron chi connectivity index (χ1n) is 14.0. The Kier molecular flexibility index (Phi) is 8.15. The highest BCUT2D eigenvalue weighted by Gasteiger charge is 2.39. The Morgan fingerprint density at radius 2 is 1.63 bits per heavy atom. The maximum atomic E-state index is 14.3. The molecule has 5 rings (SSSR count). The molecule has 0 saturated carbocycles. The van der Waals surface area contributed by atoms with E-state index in [0.717, 1.165) is 23.6 Å². The molecule has 0 amide bonds. The smallest absolute Gasteiger partial charge is 0.340 e. The zero-order valence-electron chi connectivity index (χ0n) is 25.1. The van der Waals surface area contributed by atoms with Gasteiger partial charge >= 0.3 is 5.97 Å². The van der Waals surface area contributed by atoms with Gasteiger partial charge in [0.15, 0.2) is 6.10 Å². The zero-order chi connectivity index (χ0) is 31.1. The summed E-state index contributed by atoms with van der Waals surface area (Å²) in [5, 5.41) is 0. The monoisotopic (exact) mass is 602 g/mol.